The second-order valence-electron chi connectivity index (χ2n) is 5.15. The van der Waals surface area contributed by atoms with Gasteiger partial charge in [-0.2, -0.15) is 0 Å². The van der Waals surface area contributed by atoms with Gasteiger partial charge < -0.3 is 15.2 Å². The Morgan fingerprint density at radius 1 is 1.11 bits per heavy atom. The molecule has 0 aromatic heterocycles. The van der Waals surface area contributed by atoms with Crippen molar-refractivity contribution in [2.45, 2.75) is 39.8 Å². The van der Waals surface area contributed by atoms with Gasteiger partial charge in [-0.05, 0) is 39.8 Å². The van der Waals surface area contributed by atoms with Gasteiger partial charge in [0.05, 0.1) is 7.11 Å². The van der Waals surface area contributed by atoms with Gasteiger partial charge in [-0.3, -0.25) is 4.90 Å². The molecule has 0 heterocycles. The highest BCUT2D eigenvalue weighted by Crippen LogP contribution is 2.30. The van der Waals surface area contributed by atoms with E-state index in [-0.39, 0.29) is 0 Å². The monoisotopic (exact) mass is 266 g/mol. The summed E-state index contributed by atoms with van der Waals surface area (Å²) in [7, 11) is 1.61. The summed E-state index contributed by atoms with van der Waals surface area (Å²) < 4.78 is 10.9. The lowest BCUT2D eigenvalue weighted by Gasteiger charge is -2.30. The van der Waals surface area contributed by atoms with E-state index in [1.54, 1.807) is 7.11 Å². The lowest BCUT2D eigenvalue weighted by atomic mass is 10.2. The molecule has 0 aliphatic heterocycles. The van der Waals surface area contributed by atoms with Crippen LogP contribution in [0.2, 0.25) is 0 Å². The zero-order valence-electron chi connectivity index (χ0n) is 12.6. The van der Waals surface area contributed by atoms with Gasteiger partial charge in [0.25, 0.3) is 0 Å². The van der Waals surface area contributed by atoms with Gasteiger partial charge in [0.2, 0.25) is 0 Å². The largest absolute Gasteiger partial charge is 0.494 e. The van der Waals surface area contributed by atoms with Crippen LogP contribution in [0.4, 0.5) is 5.69 Å². The van der Waals surface area contributed by atoms with Crippen LogP contribution >= 0.6 is 0 Å². The van der Waals surface area contributed by atoms with Crippen LogP contribution in [0.3, 0.4) is 0 Å². The van der Waals surface area contributed by atoms with Gasteiger partial charge >= 0.3 is 0 Å². The Bertz CT molecular complexity index is 384. The van der Waals surface area contributed by atoms with E-state index in [4.69, 9.17) is 15.2 Å². The van der Waals surface area contributed by atoms with E-state index in [0.717, 1.165) is 6.54 Å². The molecule has 0 saturated heterocycles. The number of anilines is 1. The van der Waals surface area contributed by atoms with E-state index in [9.17, 15) is 0 Å². The molecule has 4 heteroatoms. The van der Waals surface area contributed by atoms with Crippen molar-refractivity contribution >= 4 is 5.69 Å². The second-order valence-corrected chi connectivity index (χ2v) is 5.15. The predicted molar refractivity (Wildman–Crippen MR) is 79.9 cm³/mol. The SMILES string of the molecule is COc1cccc(OCCN(C(C)C)C(C)C)c1N. The molecular formula is C15H26N2O2. The Morgan fingerprint density at radius 2 is 1.68 bits per heavy atom. The van der Waals surface area contributed by atoms with E-state index in [2.05, 4.69) is 32.6 Å². The van der Waals surface area contributed by atoms with E-state index in [1.807, 2.05) is 18.2 Å². The van der Waals surface area contributed by atoms with Crippen molar-refractivity contribution in [2.24, 2.45) is 0 Å². The average Bonchev–Trinajstić information content (AvgIpc) is 2.35. The number of hydrogen-bond acceptors (Lipinski definition) is 4. The minimum atomic E-state index is 0.506. The molecule has 0 fully saturated rings. The number of hydrogen-bond donors (Lipinski definition) is 1. The first-order chi connectivity index (χ1) is 8.97. The third-order valence-corrected chi connectivity index (χ3v) is 3.18. The quantitative estimate of drug-likeness (QED) is 0.771. The fourth-order valence-electron chi connectivity index (χ4n) is 2.20. The van der Waals surface area contributed by atoms with Gasteiger partial charge in [0.15, 0.2) is 0 Å². The van der Waals surface area contributed by atoms with Crippen molar-refractivity contribution in [3.05, 3.63) is 18.2 Å². The van der Waals surface area contributed by atoms with Crippen LogP contribution in [0.15, 0.2) is 18.2 Å². The molecule has 0 unspecified atom stereocenters. The van der Waals surface area contributed by atoms with Crippen molar-refractivity contribution in [2.75, 3.05) is 26.0 Å². The van der Waals surface area contributed by atoms with E-state index in [0.29, 0.717) is 35.9 Å². The standard InChI is InChI=1S/C15H26N2O2/c1-11(2)17(12(3)4)9-10-19-14-8-6-7-13(18-5)15(14)16/h6-8,11-12H,9-10,16H2,1-5H3. The van der Waals surface area contributed by atoms with Gasteiger partial charge in [0.1, 0.15) is 23.8 Å². The van der Waals surface area contributed by atoms with Crippen LogP contribution in [0, 0.1) is 0 Å². The summed E-state index contributed by atoms with van der Waals surface area (Å²) in [5.41, 5.74) is 6.53. The number of methoxy groups -OCH3 is 1. The number of para-hydroxylation sites is 1. The molecule has 0 atom stereocenters. The maximum Gasteiger partial charge on any atom is 0.146 e. The van der Waals surface area contributed by atoms with Crippen LogP contribution in [0.5, 0.6) is 11.5 Å². The van der Waals surface area contributed by atoms with Crippen LogP contribution < -0.4 is 15.2 Å². The summed E-state index contributed by atoms with van der Waals surface area (Å²) in [5.74, 6) is 1.34. The fraction of sp³-hybridized carbons (Fsp3) is 0.600. The molecule has 0 aliphatic rings. The van der Waals surface area contributed by atoms with Gasteiger partial charge in [0, 0.05) is 18.6 Å². The van der Waals surface area contributed by atoms with Crippen molar-refractivity contribution in [3.63, 3.8) is 0 Å². The van der Waals surface area contributed by atoms with Gasteiger partial charge in [-0.25, -0.2) is 0 Å². The third-order valence-electron chi connectivity index (χ3n) is 3.18. The molecule has 108 valence electrons. The van der Waals surface area contributed by atoms with E-state index in [1.165, 1.54) is 0 Å². The van der Waals surface area contributed by atoms with Crippen molar-refractivity contribution in [1.82, 2.24) is 4.90 Å². The summed E-state index contributed by atoms with van der Waals surface area (Å²) in [5, 5.41) is 0. The first-order valence-electron chi connectivity index (χ1n) is 6.78. The Morgan fingerprint density at radius 3 is 2.21 bits per heavy atom. The second kappa shape index (κ2) is 7.24. The van der Waals surface area contributed by atoms with E-state index >= 15 is 0 Å². The number of benzene rings is 1. The van der Waals surface area contributed by atoms with Gasteiger partial charge in [-0.1, -0.05) is 6.07 Å². The number of nitrogens with zero attached hydrogens (tertiary/aromatic N) is 1. The molecule has 4 nitrogen and oxygen atoms in total. The molecule has 0 saturated carbocycles. The molecule has 0 spiro atoms. The zero-order chi connectivity index (χ0) is 14.4. The third kappa shape index (κ3) is 4.31. The Balaban J connectivity index is 2.58. The molecule has 0 bridgehead atoms. The number of rotatable bonds is 7. The maximum atomic E-state index is 5.97. The fourth-order valence-corrected chi connectivity index (χ4v) is 2.20. The molecule has 1 aromatic rings. The summed E-state index contributed by atoms with van der Waals surface area (Å²) in [6.45, 7) is 10.3. The highest BCUT2D eigenvalue weighted by molar-refractivity contribution is 5.62. The highest BCUT2D eigenvalue weighted by Gasteiger charge is 2.13. The molecule has 1 aromatic carbocycles. The first-order valence-corrected chi connectivity index (χ1v) is 6.78. The summed E-state index contributed by atoms with van der Waals surface area (Å²) in [6.07, 6.45) is 0. The lowest BCUT2D eigenvalue weighted by Crippen LogP contribution is -2.39. The number of nitrogens with two attached hydrogens (primary N) is 1. The van der Waals surface area contributed by atoms with E-state index < -0.39 is 0 Å². The zero-order valence-corrected chi connectivity index (χ0v) is 12.6. The summed E-state index contributed by atoms with van der Waals surface area (Å²) >= 11 is 0. The molecule has 19 heavy (non-hydrogen) atoms. The topological polar surface area (TPSA) is 47.7 Å². The van der Waals surface area contributed by atoms with Crippen LogP contribution in [0.25, 0.3) is 0 Å². The molecular weight excluding hydrogens is 240 g/mol. The summed E-state index contributed by atoms with van der Waals surface area (Å²) in [6, 6.07) is 6.59. The number of nitrogen functional groups attached to an aromatic ring is 1. The highest BCUT2D eigenvalue weighted by atomic mass is 16.5. The van der Waals surface area contributed by atoms with Crippen LogP contribution in [-0.2, 0) is 0 Å². The molecule has 0 radical (unpaired) electrons. The Kier molecular flexibility index (Phi) is 5.96. The molecule has 2 N–H and O–H groups in total. The lowest BCUT2D eigenvalue weighted by molar-refractivity contribution is 0.142. The predicted octanol–water partition coefficient (Wildman–Crippen LogP) is 2.78. The van der Waals surface area contributed by atoms with Crippen molar-refractivity contribution in [1.29, 1.82) is 0 Å². The molecule has 1 rings (SSSR count). The number of ether oxygens (including phenoxy) is 2. The Hall–Kier alpha value is -1.42. The maximum absolute atomic E-state index is 5.97. The minimum Gasteiger partial charge on any atom is -0.494 e. The molecule has 0 amide bonds. The minimum absolute atomic E-state index is 0.506. The van der Waals surface area contributed by atoms with Crippen LogP contribution in [0.1, 0.15) is 27.7 Å². The van der Waals surface area contributed by atoms with Crippen molar-refractivity contribution in [3.8, 4) is 11.5 Å². The van der Waals surface area contributed by atoms with Crippen LogP contribution in [-0.4, -0.2) is 37.2 Å². The van der Waals surface area contributed by atoms with Crippen molar-refractivity contribution < 1.29 is 9.47 Å². The first kappa shape index (κ1) is 15.6. The smallest absolute Gasteiger partial charge is 0.146 e. The molecule has 0 aliphatic carbocycles. The van der Waals surface area contributed by atoms with Gasteiger partial charge in [-0.15, -0.1) is 0 Å². The summed E-state index contributed by atoms with van der Waals surface area (Å²) in [4.78, 5) is 2.39. The average molecular weight is 266 g/mol. The Labute approximate surface area is 116 Å². The normalized spacial score (nSPS) is 11.4.